The van der Waals surface area contributed by atoms with E-state index in [9.17, 15) is 13.2 Å². The number of benzene rings is 1. The van der Waals surface area contributed by atoms with Gasteiger partial charge in [0.05, 0.1) is 21.9 Å². The minimum Gasteiger partial charge on any atom is -0.321 e. The van der Waals surface area contributed by atoms with Crippen LogP contribution in [0, 0.1) is 0 Å². The first-order chi connectivity index (χ1) is 10.6. The van der Waals surface area contributed by atoms with E-state index in [1.54, 1.807) is 25.3 Å². The van der Waals surface area contributed by atoms with E-state index >= 15 is 0 Å². The van der Waals surface area contributed by atoms with Crippen LogP contribution in [0.3, 0.4) is 0 Å². The van der Waals surface area contributed by atoms with Crippen LogP contribution in [-0.2, 0) is 15.3 Å². The fourth-order valence-corrected chi connectivity index (χ4v) is 3.58. The zero-order valence-corrected chi connectivity index (χ0v) is 15.2. The monoisotopic (exact) mass is 352 g/mol. The van der Waals surface area contributed by atoms with E-state index in [0.717, 1.165) is 5.01 Å². The molecule has 0 unspecified atom stereocenters. The van der Waals surface area contributed by atoms with Crippen molar-refractivity contribution in [3.05, 3.63) is 40.3 Å². The first kappa shape index (κ1) is 17.6. The third-order valence-electron chi connectivity index (χ3n) is 3.22. The molecule has 1 amide bonds. The van der Waals surface area contributed by atoms with Crippen LogP contribution < -0.4 is 5.32 Å². The van der Waals surface area contributed by atoms with Crippen molar-refractivity contribution in [3.63, 3.8) is 0 Å². The van der Waals surface area contributed by atoms with E-state index in [4.69, 9.17) is 0 Å². The molecule has 1 aromatic carbocycles. The van der Waals surface area contributed by atoms with Gasteiger partial charge in [-0.05, 0) is 24.3 Å². The third-order valence-corrected chi connectivity index (χ3v) is 6.39. The Kier molecular flexibility index (Phi) is 4.91. The molecule has 0 saturated heterocycles. The summed E-state index contributed by atoms with van der Waals surface area (Å²) in [7, 11) is -3.23. The molecule has 124 valence electrons. The van der Waals surface area contributed by atoms with Crippen LogP contribution in [0.2, 0.25) is 0 Å². The molecule has 1 heterocycles. The van der Waals surface area contributed by atoms with E-state index in [1.165, 1.54) is 23.5 Å². The van der Waals surface area contributed by atoms with Crippen molar-refractivity contribution in [2.24, 2.45) is 0 Å². The number of thiazole rings is 1. The van der Waals surface area contributed by atoms with Crippen LogP contribution in [0.25, 0.3) is 0 Å². The highest BCUT2D eigenvalue weighted by atomic mass is 32.2. The van der Waals surface area contributed by atoms with Crippen molar-refractivity contribution in [1.82, 2.24) is 4.98 Å². The summed E-state index contributed by atoms with van der Waals surface area (Å²) < 4.78 is 23.5. The van der Waals surface area contributed by atoms with Crippen LogP contribution in [0.15, 0.2) is 35.4 Å². The topological polar surface area (TPSA) is 76.1 Å². The molecular formula is C16H20N2O3S2. The van der Waals surface area contributed by atoms with Gasteiger partial charge < -0.3 is 5.32 Å². The normalized spacial score (nSPS) is 12.2. The van der Waals surface area contributed by atoms with Gasteiger partial charge in [-0.3, -0.25) is 4.79 Å². The Labute approximate surface area is 140 Å². The number of hydrogen-bond acceptors (Lipinski definition) is 5. The van der Waals surface area contributed by atoms with Gasteiger partial charge in [-0.1, -0.05) is 27.7 Å². The Hall–Kier alpha value is -1.73. The zero-order valence-electron chi connectivity index (χ0n) is 13.6. The van der Waals surface area contributed by atoms with E-state index in [2.05, 4.69) is 10.3 Å². The van der Waals surface area contributed by atoms with Gasteiger partial charge in [0.1, 0.15) is 4.88 Å². The van der Waals surface area contributed by atoms with Crippen molar-refractivity contribution >= 4 is 32.8 Å². The molecular weight excluding hydrogens is 332 g/mol. The SMILES string of the molecule is CCS(=O)(=O)c1ccc(NC(=O)c2cnc(C(C)(C)C)s2)cc1. The second-order valence-electron chi connectivity index (χ2n) is 6.16. The number of aromatic nitrogens is 1. The Balaban J connectivity index is 2.13. The second-order valence-corrected chi connectivity index (χ2v) is 9.47. The van der Waals surface area contributed by atoms with Crippen molar-refractivity contribution < 1.29 is 13.2 Å². The molecule has 0 aliphatic heterocycles. The van der Waals surface area contributed by atoms with Gasteiger partial charge in [0.25, 0.3) is 5.91 Å². The fraction of sp³-hybridized carbons (Fsp3) is 0.375. The van der Waals surface area contributed by atoms with Crippen molar-refractivity contribution in [2.45, 2.75) is 38.0 Å². The maximum Gasteiger partial charge on any atom is 0.267 e. The number of carbonyl (C=O) groups excluding carboxylic acids is 1. The molecule has 2 rings (SSSR count). The average molecular weight is 352 g/mol. The molecule has 5 nitrogen and oxygen atoms in total. The number of sulfone groups is 1. The summed E-state index contributed by atoms with van der Waals surface area (Å²) in [6.45, 7) is 7.73. The van der Waals surface area contributed by atoms with Crippen LogP contribution in [0.5, 0.6) is 0 Å². The van der Waals surface area contributed by atoms with Crippen LogP contribution >= 0.6 is 11.3 Å². The molecule has 23 heavy (non-hydrogen) atoms. The van der Waals surface area contributed by atoms with Crippen molar-refractivity contribution in [3.8, 4) is 0 Å². The summed E-state index contributed by atoms with van der Waals surface area (Å²) in [5.74, 6) is -0.195. The predicted octanol–water partition coefficient (Wildman–Crippen LogP) is 3.49. The van der Waals surface area contributed by atoms with Crippen molar-refractivity contribution in [2.75, 3.05) is 11.1 Å². The second kappa shape index (κ2) is 6.41. The number of anilines is 1. The van der Waals surface area contributed by atoms with E-state index in [-0.39, 0.29) is 22.0 Å². The molecule has 0 aliphatic rings. The van der Waals surface area contributed by atoms with Gasteiger partial charge >= 0.3 is 0 Å². The molecule has 0 bridgehead atoms. The standard InChI is InChI=1S/C16H20N2O3S2/c1-5-23(20,21)12-8-6-11(7-9-12)18-14(19)13-10-17-15(22-13)16(2,3)4/h6-10H,5H2,1-4H3,(H,18,19). The highest BCUT2D eigenvalue weighted by molar-refractivity contribution is 7.91. The minimum absolute atomic E-state index is 0.0507. The lowest BCUT2D eigenvalue weighted by Crippen LogP contribution is -2.11. The summed E-state index contributed by atoms with van der Waals surface area (Å²) in [5.41, 5.74) is 0.454. The first-order valence-corrected chi connectivity index (χ1v) is 9.71. The van der Waals surface area contributed by atoms with Crippen molar-refractivity contribution in [1.29, 1.82) is 0 Å². The summed E-state index contributed by atoms with van der Waals surface area (Å²) in [6, 6.07) is 6.18. The quantitative estimate of drug-likeness (QED) is 0.914. The predicted molar refractivity (Wildman–Crippen MR) is 92.9 cm³/mol. The van der Waals surface area contributed by atoms with Gasteiger partial charge in [0, 0.05) is 11.1 Å². The molecule has 1 aromatic heterocycles. The number of carbonyl (C=O) groups is 1. The maximum absolute atomic E-state index is 12.2. The lowest BCUT2D eigenvalue weighted by atomic mass is 9.98. The molecule has 0 saturated carbocycles. The lowest BCUT2D eigenvalue weighted by molar-refractivity contribution is 0.103. The third kappa shape index (κ3) is 4.17. The van der Waals surface area contributed by atoms with Gasteiger partial charge in [-0.15, -0.1) is 11.3 Å². The summed E-state index contributed by atoms with van der Waals surface area (Å²) in [5, 5.41) is 3.65. The summed E-state index contributed by atoms with van der Waals surface area (Å²) in [4.78, 5) is 17.3. The number of nitrogens with zero attached hydrogens (tertiary/aromatic N) is 1. The minimum atomic E-state index is -3.23. The molecule has 7 heteroatoms. The largest absolute Gasteiger partial charge is 0.321 e. The summed E-state index contributed by atoms with van der Waals surface area (Å²) in [6.07, 6.45) is 1.57. The lowest BCUT2D eigenvalue weighted by Gasteiger charge is -2.13. The molecule has 0 aliphatic carbocycles. The molecule has 2 aromatic rings. The fourth-order valence-electron chi connectivity index (χ4n) is 1.83. The first-order valence-electron chi connectivity index (χ1n) is 7.24. The zero-order chi connectivity index (χ0) is 17.3. The van der Waals surface area contributed by atoms with Gasteiger partial charge in [0.15, 0.2) is 9.84 Å². The Morgan fingerprint density at radius 1 is 1.22 bits per heavy atom. The Morgan fingerprint density at radius 2 is 1.83 bits per heavy atom. The molecule has 0 atom stereocenters. The van der Waals surface area contributed by atoms with Crippen LogP contribution in [0.1, 0.15) is 42.4 Å². The number of nitrogens with one attached hydrogen (secondary N) is 1. The smallest absolute Gasteiger partial charge is 0.267 e. The van der Waals surface area contributed by atoms with Gasteiger partial charge in [-0.2, -0.15) is 0 Å². The van der Waals surface area contributed by atoms with Crippen LogP contribution in [0.4, 0.5) is 5.69 Å². The average Bonchev–Trinajstić information content (AvgIpc) is 2.98. The van der Waals surface area contributed by atoms with Gasteiger partial charge in [-0.25, -0.2) is 13.4 Å². The van der Waals surface area contributed by atoms with E-state index < -0.39 is 9.84 Å². The van der Waals surface area contributed by atoms with Crippen LogP contribution in [-0.4, -0.2) is 25.1 Å². The highest BCUT2D eigenvalue weighted by Crippen LogP contribution is 2.27. The Morgan fingerprint density at radius 3 is 2.30 bits per heavy atom. The van der Waals surface area contributed by atoms with Gasteiger partial charge in [0.2, 0.25) is 0 Å². The highest BCUT2D eigenvalue weighted by Gasteiger charge is 2.20. The Bertz CT molecular complexity index is 801. The number of amides is 1. The molecule has 0 spiro atoms. The van der Waals surface area contributed by atoms with E-state index in [0.29, 0.717) is 10.6 Å². The maximum atomic E-state index is 12.2. The summed E-state index contributed by atoms with van der Waals surface area (Å²) >= 11 is 1.36. The molecule has 0 radical (unpaired) electrons. The number of rotatable bonds is 4. The molecule has 0 fully saturated rings. The number of hydrogen-bond donors (Lipinski definition) is 1. The molecule has 1 N–H and O–H groups in total. The van der Waals surface area contributed by atoms with E-state index in [1.807, 2.05) is 20.8 Å².